The van der Waals surface area contributed by atoms with Gasteiger partial charge in [0.15, 0.2) is 5.15 Å². The third-order valence-corrected chi connectivity index (χ3v) is 5.33. The Kier molecular flexibility index (Phi) is 5.42. The van der Waals surface area contributed by atoms with Gasteiger partial charge in [-0.25, -0.2) is 9.97 Å². The van der Waals surface area contributed by atoms with Crippen LogP contribution in [0.1, 0.15) is 12.5 Å². The number of halogens is 1. The van der Waals surface area contributed by atoms with Gasteiger partial charge in [0.25, 0.3) is 0 Å². The Morgan fingerprint density at radius 2 is 2.00 bits per heavy atom. The van der Waals surface area contributed by atoms with Crippen LogP contribution >= 0.6 is 23.5 Å². The van der Waals surface area contributed by atoms with Gasteiger partial charge in [-0.3, -0.25) is 10.1 Å². The number of rotatable bonds is 5. The zero-order valence-electron chi connectivity index (χ0n) is 15.8. The number of pyridine rings is 1. The summed E-state index contributed by atoms with van der Waals surface area (Å²) in [6.45, 7) is 3.50. The van der Waals surface area contributed by atoms with Crippen molar-refractivity contribution in [1.29, 1.82) is 0 Å². The number of nitrogens with one attached hydrogen (secondary N) is 3. The van der Waals surface area contributed by atoms with Gasteiger partial charge in [-0.05, 0) is 60.3 Å². The third-order valence-electron chi connectivity index (χ3n) is 4.22. The van der Waals surface area contributed by atoms with Crippen molar-refractivity contribution in [2.24, 2.45) is 0 Å². The number of nitrogens with zero attached hydrogens (tertiary/aromatic N) is 2. The molecule has 2 aromatic heterocycles. The molecule has 1 amide bonds. The first-order chi connectivity index (χ1) is 14.0. The highest BCUT2D eigenvalue weighted by Gasteiger charge is 2.09. The lowest BCUT2D eigenvalue weighted by molar-refractivity contribution is -0.114. The predicted molar refractivity (Wildman–Crippen MR) is 119 cm³/mol. The first-order valence-corrected chi connectivity index (χ1v) is 10.1. The summed E-state index contributed by atoms with van der Waals surface area (Å²) in [5.41, 5.74) is 5.40. The Morgan fingerprint density at radius 1 is 1.14 bits per heavy atom. The fourth-order valence-corrected chi connectivity index (χ4v) is 3.87. The van der Waals surface area contributed by atoms with E-state index in [4.69, 9.17) is 11.6 Å². The van der Waals surface area contributed by atoms with E-state index in [1.54, 1.807) is 6.20 Å². The summed E-state index contributed by atoms with van der Waals surface area (Å²) in [5, 5.41) is 3.07. The molecule has 0 bridgehead atoms. The Bertz CT molecular complexity index is 1210. The van der Waals surface area contributed by atoms with Crippen molar-refractivity contribution in [3.05, 3.63) is 65.4 Å². The topological polar surface area (TPSA) is 82.7 Å². The van der Waals surface area contributed by atoms with Gasteiger partial charge in [-0.2, -0.15) is 0 Å². The van der Waals surface area contributed by atoms with Gasteiger partial charge in [0.05, 0.1) is 16.7 Å². The number of amides is 1. The molecule has 0 saturated heterocycles. The summed E-state index contributed by atoms with van der Waals surface area (Å²) >= 11 is 7.77. The zero-order chi connectivity index (χ0) is 20.4. The molecule has 0 aliphatic rings. The molecule has 0 radical (unpaired) electrons. The number of benzene rings is 2. The van der Waals surface area contributed by atoms with E-state index in [0.717, 1.165) is 32.7 Å². The van der Waals surface area contributed by atoms with E-state index in [0.29, 0.717) is 11.1 Å². The molecule has 29 heavy (non-hydrogen) atoms. The van der Waals surface area contributed by atoms with Crippen molar-refractivity contribution >= 4 is 52.1 Å². The van der Waals surface area contributed by atoms with E-state index in [1.165, 1.54) is 24.4 Å². The van der Waals surface area contributed by atoms with Crippen LogP contribution in [0.5, 0.6) is 0 Å². The summed E-state index contributed by atoms with van der Waals surface area (Å²) in [5.74, 6) is 0.254. The Labute approximate surface area is 177 Å². The molecule has 0 aliphatic heterocycles. The molecule has 4 rings (SSSR count). The second-order valence-corrected chi connectivity index (χ2v) is 7.82. The normalized spacial score (nSPS) is 10.9. The summed E-state index contributed by atoms with van der Waals surface area (Å²) in [6, 6.07) is 16.0. The number of anilines is 2. The molecule has 6 nitrogen and oxygen atoms in total. The van der Waals surface area contributed by atoms with Crippen LogP contribution in [0.4, 0.5) is 11.6 Å². The van der Waals surface area contributed by atoms with Crippen LogP contribution in [0.3, 0.4) is 0 Å². The summed E-state index contributed by atoms with van der Waals surface area (Å²) in [6.07, 6.45) is 1.73. The number of hydrogen-bond donors (Lipinski definition) is 3. The molecule has 0 aliphatic carbocycles. The first-order valence-electron chi connectivity index (χ1n) is 8.91. The molecular weight excluding hydrogens is 406 g/mol. The molecule has 3 N–H and O–H groups in total. The van der Waals surface area contributed by atoms with E-state index in [1.807, 2.05) is 36.4 Å². The van der Waals surface area contributed by atoms with Crippen molar-refractivity contribution < 1.29 is 4.79 Å². The van der Waals surface area contributed by atoms with E-state index in [2.05, 4.69) is 44.0 Å². The standard InChI is InChI=1S/C21H18ClN5OS/c1-12-4-3-5-16(8-12)29-27-19-10-15(11-23-20(19)22)14-6-7-17-18(9-14)26-21(25-17)24-13(2)28/h3-11,27H,1-2H3,(H2,24,25,26,28). The molecule has 0 spiro atoms. The van der Waals surface area contributed by atoms with E-state index in [-0.39, 0.29) is 5.91 Å². The van der Waals surface area contributed by atoms with Gasteiger partial charge in [-0.1, -0.05) is 29.8 Å². The highest BCUT2D eigenvalue weighted by atomic mass is 35.5. The third kappa shape index (κ3) is 4.52. The Morgan fingerprint density at radius 3 is 2.79 bits per heavy atom. The maximum atomic E-state index is 11.2. The molecule has 2 aromatic carbocycles. The lowest BCUT2D eigenvalue weighted by Crippen LogP contribution is -2.06. The summed E-state index contributed by atoms with van der Waals surface area (Å²) < 4.78 is 3.28. The number of aromatic nitrogens is 3. The largest absolute Gasteiger partial charge is 0.324 e. The van der Waals surface area contributed by atoms with Crippen molar-refractivity contribution in [3.63, 3.8) is 0 Å². The van der Waals surface area contributed by atoms with Crippen LogP contribution in [-0.2, 0) is 4.79 Å². The minimum Gasteiger partial charge on any atom is -0.324 e. The predicted octanol–water partition coefficient (Wildman–Crippen LogP) is 5.66. The number of aromatic amines is 1. The Hall–Kier alpha value is -3.03. The monoisotopic (exact) mass is 423 g/mol. The summed E-state index contributed by atoms with van der Waals surface area (Å²) in [4.78, 5) is 24.1. The second-order valence-electron chi connectivity index (χ2n) is 6.58. The minimum atomic E-state index is -0.173. The average molecular weight is 424 g/mol. The molecule has 4 aromatic rings. The number of carbonyl (C=O) groups excluding carboxylic acids is 1. The number of aryl methyl sites for hydroxylation is 1. The lowest BCUT2D eigenvalue weighted by atomic mass is 10.1. The molecular formula is C21H18ClN5OS. The highest BCUT2D eigenvalue weighted by molar-refractivity contribution is 8.00. The van der Waals surface area contributed by atoms with Crippen molar-refractivity contribution in [1.82, 2.24) is 15.0 Å². The summed E-state index contributed by atoms with van der Waals surface area (Å²) in [7, 11) is 0. The van der Waals surface area contributed by atoms with Crippen LogP contribution in [-0.4, -0.2) is 20.9 Å². The van der Waals surface area contributed by atoms with Gasteiger partial charge in [0.2, 0.25) is 11.9 Å². The van der Waals surface area contributed by atoms with Crippen LogP contribution in [0.15, 0.2) is 59.6 Å². The van der Waals surface area contributed by atoms with E-state index < -0.39 is 0 Å². The zero-order valence-corrected chi connectivity index (χ0v) is 17.4. The average Bonchev–Trinajstić information content (AvgIpc) is 3.08. The molecule has 8 heteroatoms. The lowest BCUT2D eigenvalue weighted by Gasteiger charge is -2.10. The highest BCUT2D eigenvalue weighted by Crippen LogP contribution is 2.31. The van der Waals surface area contributed by atoms with Crippen LogP contribution in [0, 0.1) is 6.92 Å². The van der Waals surface area contributed by atoms with Gasteiger partial charge in [0, 0.05) is 23.6 Å². The second kappa shape index (κ2) is 8.14. The molecule has 0 saturated carbocycles. The SMILES string of the molecule is CC(=O)Nc1nc2ccc(-c3cnc(Cl)c(NSc4cccc(C)c4)c3)cc2[nH]1. The molecule has 146 valence electrons. The van der Waals surface area contributed by atoms with Crippen LogP contribution in [0.2, 0.25) is 5.15 Å². The number of carbonyl (C=O) groups is 1. The number of imidazole rings is 1. The van der Waals surface area contributed by atoms with E-state index in [9.17, 15) is 4.79 Å². The van der Waals surface area contributed by atoms with Gasteiger partial charge < -0.3 is 9.71 Å². The molecule has 2 heterocycles. The maximum absolute atomic E-state index is 11.2. The minimum absolute atomic E-state index is 0.173. The molecule has 0 fully saturated rings. The van der Waals surface area contributed by atoms with Crippen molar-refractivity contribution in [2.75, 3.05) is 10.0 Å². The number of hydrogen-bond acceptors (Lipinski definition) is 5. The van der Waals surface area contributed by atoms with E-state index >= 15 is 0 Å². The fourth-order valence-electron chi connectivity index (χ4n) is 2.89. The maximum Gasteiger partial charge on any atom is 0.223 e. The van der Waals surface area contributed by atoms with Crippen molar-refractivity contribution in [2.45, 2.75) is 18.7 Å². The Balaban J connectivity index is 1.59. The number of fused-ring (bicyclic) bond motifs is 1. The van der Waals surface area contributed by atoms with Gasteiger partial charge in [0.1, 0.15) is 0 Å². The van der Waals surface area contributed by atoms with Crippen LogP contribution < -0.4 is 10.0 Å². The quantitative estimate of drug-likeness (QED) is 0.285. The van der Waals surface area contributed by atoms with Crippen molar-refractivity contribution in [3.8, 4) is 11.1 Å². The van der Waals surface area contributed by atoms with Gasteiger partial charge in [-0.15, -0.1) is 0 Å². The smallest absolute Gasteiger partial charge is 0.223 e. The van der Waals surface area contributed by atoms with Gasteiger partial charge >= 0.3 is 0 Å². The first kappa shape index (κ1) is 19.3. The fraction of sp³-hybridized carbons (Fsp3) is 0.0952. The molecule has 0 atom stereocenters. The molecule has 0 unspecified atom stereocenters. The number of H-pyrrole nitrogens is 1. The van der Waals surface area contributed by atoms with Crippen LogP contribution in [0.25, 0.3) is 22.2 Å².